The summed E-state index contributed by atoms with van der Waals surface area (Å²) in [7, 11) is 0. The molecule has 76 valence electrons. The predicted molar refractivity (Wildman–Crippen MR) is 55.4 cm³/mol. The van der Waals surface area contributed by atoms with E-state index in [2.05, 4.69) is 13.8 Å². The minimum absolute atomic E-state index is 0.236. The van der Waals surface area contributed by atoms with E-state index in [1.807, 2.05) is 6.92 Å². The molecule has 0 radical (unpaired) electrons. The normalized spacial score (nSPS) is 32.1. The average Bonchev–Trinajstić information content (AvgIpc) is 2.08. The van der Waals surface area contributed by atoms with Gasteiger partial charge in [-0.1, -0.05) is 19.4 Å². The van der Waals surface area contributed by atoms with Gasteiger partial charge in [-0.15, -0.1) is 0 Å². The van der Waals surface area contributed by atoms with E-state index >= 15 is 0 Å². The molecule has 0 aromatic rings. The summed E-state index contributed by atoms with van der Waals surface area (Å²) >= 11 is 0. The lowest BCUT2D eigenvalue weighted by Crippen LogP contribution is -2.34. The zero-order chi connectivity index (χ0) is 10.0. The van der Waals surface area contributed by atoms with Crippen molar-refractivity contribution in [3.63, 3.8) is 0 Å². The van der Waals surface area contributed by atoms with Crippen molar-refractivity contribution in [3.05, 3.63) is 11.1 Å². The van der Waals surface area contributed by atoms with Crippen LogP contribution in [0, 0.1) is 5.92 Å². The Balaban J connectivity index is 2.85. The molecule has 13 heavy (non-hydrogen) atoms. The van der Waals surface area contributed by atoms with Gasteiger partial charge in [-0.3, -0.25) is 0 Å². The predicted octanol–water partition coefficient (Wildman–Crippen LogP) is 1.83. The molecule has 3 atom stereocenters. The number of allylic oxidation sites excluding steroid dienone is 1. The lowest BCUT2D eigenvalue weighted by molar-refractivity contribution is 0.214. The molecule has 0 bridgehead atoms. The highest BCUT2D eigenvalue weighted by atomic mass is 16.3. The molecule has 0 saturated heterocycles. The summed E-state index contributed by atoms with van der Waals surface area (Å²) < 4.78 is 0. The van der Waals surface area contributed by atoms with E-state index in [-0.39, 0.29) is 12.1 Å². The molecule has 1 aliphatic rings. The van der Waals surface area contributed by atoms with Crippen molar-refractivity contribution in [2.24, 2.45) is 11.7 Å². The van der Waals surface area contributed by atoms with Crippen molar-refractivity contribution >= 4 is 0 Å². The monoisotopic (exact) mass is 183 g/mol. The fourth-order valence-corrected chi connectivity index (χ4v) is 2.11. The zero-order valence-electron chi connectivity index (χ0n) is 8.88. The van der Waals surface area contributed by atoms with Gasteiger partial charge in [-0.05, 0) is 37.7 Å². The summed E-state index contributed by atoms with van der Waals surface area (Å²) in [6, 6.07) is 0.236. The lowest BCUT2D eigenvalue weighted by atomic mass is 9.79. The van der Waals surface area contributed by atoms with Gasteiger partial charge in [-0.2, -0.15) is 0 Å². The molecule has 1 rings (SSSR count). The van der Waals surface area contributed by atoms with Crippen molar-refractivity contribution in [2.45, 2.75) is 52.2 Å². The Morgan fingerprint density at radius 3 is 2.62 bits per heavy atom. The first-order valence-electron chi connectivity index (χ1n) is 5.20. The Morgan fingerprint density at radius 1 is 1.54 bits per heavy atom. The third kappa shape index (κ3) is 2.32. The van der Waals surface area contributed by atoms with Crippen LogP contribution >= 0.6 is 0 Å². The smallest absolute Gasteiger partial charge is 0.0725 e. The van der Waals surface area contributed by atoms with Crippen LogP contribution in [-0.4, -0.2) is 17.3 Å². The summed E-state index contributed by atoms with van der Waals surface area (Å²) in [5.41, 5.74) is 8.59. The second-order valence-corrected chi connectivity index (χ2v) is 4.21. The van der Waals surface area contributed by atoms with Crippen LogP contribution in [0.3, 0.4) is 0 Å². The number of aliphatic hydroxyl groups is 1. The van der Waals surface area contributed by atoms with E-state index in [9.17, 15) is 5.11 Å². The molecule has 0 aromatic heterocycles. The van der Waals surface area contributed by atoms with Crippen molar-refractivity contribution in [1.29, 1.82) is 0 Å². The average molecular weight is 183 g/mol. The maximum atomic E-state index is 9.57. The van der Waals surface area contributed by atoms with Gasteiger partial charge in [0, 0.05) is 6.04 Å². The highest BCUT2D eigenvalue weighted by Gasteiger charge is 2.25. The number of hydrogen-bond acceptors (Lipinski definition) is 2. The van der Waals surface area contributed by atoms with Crippen LogP contribution in [0.4, 0.5) is 0 Å². The largest absolute Gasteiger partial charge is 0.389 e. The Morgan fingerprint density at radius 2 is 2.15 bits per heavy atom. The third-order valence-corrected chi connectivity index (χ3v) is 3.14. The van der Waals surface area contributed by atoms with Gasteiger partial charge in [0.1, 0.15) is 0 Å². The molecule has 0 amide bonds. The quantitative estimate of drug-likeness (QED) is 0.642. The van der Waals surface area contributed by atoms with E-state index in [0.717, 1.165) is 19.3 Å². The maximum absolute atomic E-state index is 9.57. The minimum atomic E-state index is -0.312. The van der Waals surface area contributed by atoms with Gasteiger partial charge >= 0.3 is 0 Å². The summed E-state index contributed by atoms with van der Waals surface area (Å²) in [6.45, 7) is 6.19. The maximum Gasteiger partial charge on any atom is 0.0725 e. The van der Waals surface area contributed by atoms with Gasteiger partial charge < -0.3 is 10.8 Å². The van der Waals surface area contributed by atoms with Gasteiger partial charge in [-0.25, -0.2) is 0 Å². The van der Waals surface area contributed by atoms with Crippen LogP contribution in [0.2, 0.25) is 0 Å². The van der Waals surface area contributed by atoms with Gasteiger partial charge in [0.15, 0.2) is 0 Å². The number of rotatable bonds is 2. The second kappa shape index (κ2) is 4.25. The third-order valence-electron chi connectivity index (χ3n) is 3.14. The topological polar surface area (TPSA) is 46.2 Å². The summed E-state index contributed by atoms with van der Waals surface area (Å²) in [5.74, 6) is 0.567. The molecule has 2 heteroatoms. The van der Waals surface area contributed by atoms with E-state index < -0.39 is 0 Å². The van der Waals surface area contributed by atoms with Crippen LogP contribution < -0.4 is 5.73 Å². The van der Waals surface area contributed by atoms with Crippen molar-refractivity contribution in [3.8, 4) is 0 Å². The van der Waals surface area contributed by atoms with Crippen molar-refractivity contribution in [2.75, 3.05) is 0 Å². The van der Waals surface area contributed by atoms with Crippen molar-refractivity contribution in [1.82, 2.24) is 0 Å². The van der Waals surface area contributed by atoms with Crippen LogP contribution in [0.1, 0.15) is 40.0 Å². The molecule has 0 heterocycles. The van der Waals surface area contributed by atoms with Crippen LogP contribution in [0.15, 0.2) is 11.1 Å². The summed E-state index contributed by atoms with van der Waals surface area (Å²) in [6.07, 6.45) is 2.69. The number of nitrogens with two attached hydrogens (primary N) is 1. The molecule has 0 aliphatic heterocycles. The Bertz CT molecular complexity index is 208. The highest BCUT2D eigenvalue weighted by molar-refractivity contribution is 5.22. The number of hydrogen-bond donors (Lipinski definition) is 2. The molecule has 1 aliphatic carbocycles. The fourth-order valence-electron chi connectivity index (χ4n) is 2.11. The van der Waals surface area contributed by atoms with Crippen LogP contribution in [0.25, 0.3) is 0 Å². The van der Waals surface area contributed by atoms with E-state index in [0.29, 0.717) is 5.92 Å². The van der Waals surface area contributed by atoms with E-state index in [1.54, 1.807) is 0 Å². The molecular formula is C11H21NO. The summed E-state index contributed by atoms with van der Waals surface area (Å²) in [4.78, 5) is 0. The zero-order valence-corrected chi connectivity index (χ0v) is 8.88. The molecular weight excluding hydrogens is 162 g/mol. The first-order valence-corrected chi connectivity index (χ1v) is 5.20. The molecule has 3 unspecified atom stereocenters. The van der Waals surface area contributed by atoms with Crippen LogP contribution in [0.5, 0.6) is 0 Å². The van der Waals surface area contributed by atoms with E-state index in [4.69, 9.17) is 5.73 Å². The Kier molecular flexibility index (Phi) is 3.51. The molecule has 3 N–H and O–H groups in total. The molecule has 2 nitrogen and oxygen atoms in total. The standard InChI is InChI=1S/C11H21NO/c1-4-9-5-7(2)11(12)6-10(9)8(3)13/h7-8,11,13H,4-6,12H2,1-3H3. The van der Waals surface area contributed by atoms with Crippen molar-refractivity contribution < 1.29 is 5.11 Å². The molecule has 0 fully saturated rings. The van der Waals surface area contributed by atoms with Gasteiger partial charge in [0.2, 0.25) is 0 Å². The second-order valence-electron chi connectivity index (χ2n) is 4.21. The Hall–Kier alpha value is -0.340. The first kappa shape index (κ1) is 10.7. The first-order chi connectivity index (χ1) is 6.06. The molecule has 0 aromatic carbocycles. The minimum Gasteiger partial charge on any atom is -0.389 e. The lowest BCUT2D eigenvalue weighted by Gasteiger charge is -2.31. The Labute approximate surface area is 80.8 Å². The highest BCUT2D eigenvalue weighted by Crippen LogP contribution is 2.31. The molecule has 0 saturated carbocycles. The molecule has 0 spiro atoms. The van der Waals surface area contributed by atoms with E-state index in [1.165, 1.54) is 11.1 Å². The summed E-state index contributed by atoms with van der Waals surface area (Å²) in [5, 5.41) is 9.57. The van der Waals surface area contributed by atoms with Gasteiger partial charge in [0.25, 0.3) is 0 Å². The SMILES string of the molecule is CCC1=C(C(C)O)CC(N)C(C)C1. The van der Waals surface area contributed by atoms with Gasteiger partial charge in [0.05, 0.1) is 6.10 Å². The fraction of sp³-hybridized carbons (Fsp3) is 0.818. The number of aliphatic hydroxyl groups excluding tert-OH is 1. The van der Waals surface area contributed by atoms with Crippen LogP contribution in [-0.2, 0) is 0 Å².